The Morgan fingerprint density at radius 2 is 1.89 bits per heavy atom. The van der Waals surface area contributed by atoms with E-state index in [0.29, 0.717) is 18.0 Å². The number of rotatable bonds is 6. The summed E-state index contributed by atoms with van der Waals surface area (Å²) in [6.45, 7) is 1.06. The number of anilines is 1. The summed E-state index contributed by atoms with van der Waals surface area (Å²) in [5, 5.41) is 19.1. The van der Waals surface area contributed by atoms with Crippen LogP contribution in [0.5, 0.6) is 0 Å². The molecule has 0 aliphatic heterocycles. The van der Waals surface area contributed by atoms with E-state index in [2.05, 4.69) is 0 Å². The van der Waals surface area contributed by atoms with Gasteiger partial charge >= 0.3 is 0 Å². The average Bonchev–Trinajstić information content (AvgIpc) is 2.80. The number of carbonyl (C=O) groups excluding carboxylic acids is 1. The van der Waals surface area contributed by atoms with E-state index in [4.69, 9.17) is 10.2 Å². The first-order chi connectivity index (χ1) is 8.78. The van der Waals surface area contributed by atoms with Crippen molar-refractivity contribution in [1.82, 2.24) is 0 Å². The first kappa shape index (κ1) is 13.0. The van der Waals surface area contributed by atoms with E-state index < -0.39 is 0 Å². The molecule has 1 heterocycles. The van der Waals surface area contributed by atoms with Gasteiger partial charge in [-0.3, -0.25) is 4.79 Å². The van der Waals surface area contributed by atoms with E-state index in [1.807, 2.05) is 29.2 Å². The van der Waals surface area contributed by atoms with Crippen LogP contribution in [-0.2, 0) is 0 Å². The third-order valence-corrected chi connectivity index (χ3v) is 3.77. The van der Waals surface area contributed by atoms with Crippen molar-refractivity contribution in [3.63, 3.8) is 0 Å². The van der Waals surface area contributed by atoms with E-state index >= 15 is 0 Å². The Morgan fingerprint density at radius 3 is 2.50 bits per heavy atom. The third-order valence-electron chi connectivity index (χ3n) is 2.74. The summed E-state index contributed by atoms with van der Waals surface area (Å²) in [5.74, 6) is 0. The Bertz CT molecular complexity index is 532. The molecular weight excluding hydrogens is 250 g/mol. The van der Waals surface area contributed by atoms with Gasteiger partial charge in [0, 0.05) is 23.5 Å². The lowest BCUT2D eigenvalue weighted by Gasteiger charge is -2.22. The Labute approximate surface area is 109 Å². The lowest BCUT2D eigenvalue weighted by atomic mass is 10.2. The highest BCUT2D eigenvalue weighted by Gasteiger charge is 2.08. The van der Waals surface area contributed by atoms with E-state index in [0.717, 1.165) is 22.1 Å². The second-order valence-electron chi connectivity index (χ2n) is 3.92. The maximum Gasteiger partial charge on any atom is 0.160 e. The van der Waals surface area contributed by atoms with Gasteiger partial charge in [-0.25, -0.2) is 0 Å². The SMILES string of the molecule is O=Cc1cc2ccc(N(CCO)CCO)cc2s1. The molecule has 0 atom stereocenters. The molecule has 0 aliphatic rings. The Kier molecular flexibility index (Phi) is 4.30. The zero-order valence-electron chi connectivity index (χ0n) is 9.87. The maximum absolute atomic E-state index is 10.7. The predicted molar refractivity (Wildman–Crippen MR) is 73.6 cm³/mol. The Morgan fingerprint density at radius 1 is 1.17 bits per heavy atom. The number of thiophene rings is 1. The summed E-state index contributed by atoms with van der Waals surface area (Å²) in [6.07, 6.45) is 0.851. The molecule has 5 heteroatoms. The van der Waals surface area contributed by atoms with Gasteiger partial charge < -0.3 is 15.1 Å². The van der Waals surface area contributed by atoms with Crippen LogP contribution in [0, 0.1) is 0 Å². The zero-order valence-corrected chi connectivity index (χ0v) is 10.7. The Balaban J connectivity index is 2.34. The fraction of sp³-hybridized carbons (Fsp3) is 0.308. The van der Waals surface area contributed by atoms with E-state index in [1.165, 1.54) is 11.3 Å². The normalized spacial score (nSPS) is 10.8. The van der Waals surface area contributed by atoms with Crippen molar-refractivity contribution in [3.8, 4) is 0 Å². The van der Waals surface area contributed by atoms with Gasteiger partial charge in [-0.2, -0.15) is 0 Å². The van der Waals surface area contributed by atoms with Gasteiger partial charge in [-0.05, 0) is 23.6 Å². The molecule has 0 bridgehead atoms. The zero-order chi connectivity index (χ0) is 13.0. The molecule has 18 heavy (non-hydrogen) atoms. The van der Waals surface area contributed by atoms with E-state index in [9.17, 15) is 4.79 Å². The summed E-state index contributed by atoms with van der Waals surface area (Å²) in [6, 6.07) is 7.74. The van der Waals surface area contributed by atoms with Crippen LogP contribution in [0.15, 0.2) is 24.3 Å². The lowest BCUT2D eigenvalue weighted by Crippen LogP contribution is -2.29. The number of aldehydes is 1. The smallest absolute Gasteiger partial charge is 0.160 e. The number of fused-ring (bicyclic) bond motifs is 1. The molecule has 96 valence electrons. The lowest BCUT2D eigenvalue weighted by molar-refractivity contribution is 0.112. The van der Waals surface area contributed by atoms with Gasteiger partial charge in [0.05, 0.1) is 18.1 Å². The van der Waals surface area contributed by atoms with Crippen LogP contribution in [0.1, 0.15) is 9.67 Å². The van der Waals surface area contributed by atoms with Crippen LogP contribution >= 0.6 is 11.3 Å². The number of aliphatic hydroxyl groups is 2. The summed E-state index contributed by atoms with van der Waals surface area (Å²) in [7, 11) is 0. The minimum absolute atomic E-state index is 0.0437. The summed E-state index contributed by atoms with van der Waals surface area (Å²) < 4.78 is 1.04. The number of benzene rings is 1. The molecule has 4 nitrogen and oxygen atoms in total. The molecule has 0 radical (unpaired) electrons. The van der Waals surface area contributed by atoms with Crippen molar-refractivity contribution in [3.05, 3.63) is 29.1 Å². The van der Waals surface area contributed by atoms with Crippen molar-refractivity contribution in [1.29, 1.82) is 0 Å². The van der Waals surface area contributed by atoms with Crippen molar-refractivity contribution in [2.24, 2.45) is 0 Å². The summed E-state index contributed by atoms with van der Waals surface area (Å²) in [4.78, 5) is 13.4. The fourth-order valence-corrected chi connectivity index (χ4v) is 2.82. The average molecular weight is 265 g/mol. The summed E-state index contributed by atoms with van der Waals surface area (Å²) >= 11 is 1.45. The number of aliphatic hydroxyl groups excluding tert-OH is 2. The third kappa shape index (κ3) is 2.69. The second-order valence-corrected chi connectivity index (χ2v) is 5.04. The number of hydrogen-bond donors (Lipinski definition) is 2. The minimum atomic E-state index is 0.0437. The number of nitrogens with zero attached hydrogens (tertiary/aromatic N) is 1. The molecule has 2 aromatic rings. The van der Waals surface area contributed by atoms with E-state index in [1.54, 1.807) is 0 Å². The topological polar surface area (TPSA) is 60.8 Å². The first-order valence-electron chi connectivity index (χ1n) is 5.74. The molecule has 0 amide bonds. The monoisotopic (exact) mass is 265 g/mol. The van der Waals surface area contributed by atoms with Crippen LogP contribution in [0.3, 0.4) is 0 Å². The van der Waals surface area contributed by atoms with Gasteiger partial charge in [0.1, 0.15) is 0 Å². The standard InChI is InChI=1S/C13H15NO3S/c15-5-3-14(4-6-16)11-2-1-10-7-12(9-17)18-13(10)8-11/h1-2,7-9,15-16H,3-6H2. The quantitative estimate of drug-likeness (QED) is 0.777. The molecule has 1 aromatic heterocycles. The molecule has 1 aromatic carbocycles. The number of hydrogen-bond acceptors (Lipinski definition) is 5. The van der Waals surface area contributed by atoms with Crippen molar-refractivity contribution in [2.45, 2.75) is 0 Å². The van der Waals surface area contributed by atoms with Crippen LogP contribution in [0.4, 0.5) is 5.69 Å². The largest absolute Gasteiger partial charge is 0.395 e. The highest BCUT2D eigenvalue weighted by Crippen LogP contribution is 2.28. The molecule has 2 N–H and O–H groups in total. The molecule has 0 saturated heterocycles. The molecule has 0 spiro atoms. The first-order valence-corrected chi connectivity index (χ1v) is 6.55. The maximum atomic E-state index is 10.7. The van der Waals surface area contributed by atoms with Crippen molar-refractivity contribution < 1.29 is 15.0 Å². The Hall–Kier alpha value is -1.43. The van der Waals surface area contributed by atoms with Crippen LogP contribution in [-0.4, -0.2) is 42.8 Å². The predicted octanol–water partition coefficient (Wildman–Crippen LogP) is 1.50. The van der Waals surface area contributed by atoms with E-state index in [-0.39, 0.29) is 13.2 Å². The van der Waals surface area contributed by atoms with Crippen molar-refractivity contribution in [2.75, 3.05) is 31.2 Å². The van der Waals surface area contributed by atoms with Gasteiger partial charge in [-0.15, -0.1) is 11.3 Å². The number of carbonyl (C=O) groups is 1. The van der Waals surface area contributed by atoms with Crippen LogP contribution in [0.2, 0.25) is 0 Å². The van der Waals surface area contributed by atoms with Crippen LogP contribution in [0.25, 0.3) is 10.1 Å². The van der Waals surface area contributed by atoms with Gasteiger partial charge in [0.2, 0.25) is 0 Å². The molecule has 0 fully saturated rings. The van der Waals surface area contributed by atoms with Gasteiger partial charge in [-0.1, -0.05) is 6.07 Å². The van der Waals surface area contributed by atoms with Crippen LogP contribution < -0.4 is 4.90 Å². The van der Waals surface area contributed by atoms with Crippen molar-refractivity contribution >= 4 is 33.4 Å². The highest BCUT2D eigenvalue weighted by molar-refractivity contribution is 7.20. The molecule has 0 unspecified atom stereocenters. The second kappa shape index (κ2) is 5.95. The molecule has 2 rings (SSSR count). The minimum Gasteiger partial charge on any atom is -0.395 e. The van der Waals surface area contributed by atoms with Gasteiger partial charge in [0.15, 0.2) is 6.29 Å². The highest BCUT2D eigenvalue weighted by atomic mass is 32.1. The molecule has 0 saturated carbocycles. The molecular formula is C13H15NO3S. The van der Waals surface area contributed by atoms with Gasteiger partial charge in [0.25, 0.3) is 0 Å². The molecule has 0 aliphatic carbocycles. The fourth-order valence-electron chi connectivity index (χ4n) is 1.91. The summed E-state index contributed by atoms with van der Waals surface area (Å²) in [5.41, 5.74) is 0.949.